The zero-order valence-electron chi connectivity index (χ0n) is 18.2. The molecule has 0 radical (unpaired) electrons. The maximum absolute atomic E-state index is 12.8. The molecule has 34 heavy (non-hydrogen) atoms. The lowest BCUT2D eigenvalue weighted by molar-refractivity contribution is 0.0911. The summed E-state index contributed by atoms with van der Waals surface area (Å²) < 4.78 is 5.70. The molecule has 1 aliphatic carbocycles. The monoisotopic (exact) mass is 518 g/mol. The highest BCUT2D eigenvalue weighted by Gasteiger charge is 2.28. The molecule has 3 amide bonds. The molecule has 1 heterocycles. The van der Waals surface area contributed by atoms with Crippen LogP contribution in [0, 0.1) is 0 Å². The minimum Gasteiger partial charge on any atom is -0.486 e. The van der Waals surface area contributed by atoms with Crippen LogP contribution in [-0.2, 0) is 6.61 Å². The fourth-order valence-electron chi connectivity index (χ4n) is 3.78. The van der Waals surface area contributed by atoms with Gasteiger partial charge in [0.1, 0.15) is 23.1 Å². The van der Waals surface area contributed by atoms with Crippen molar-refractivity contribution in [1.29, 1.82) is 0 Å². The van der Waals surface area contributed by atoms with Gasteiger partial charge in [-0.15, -0.1) is 11.3 Å². The summed E-state index contributed by atoms with van der Waals surface area (Å²) >= 11 is 13.2. The molecule has 0 bridgehead atoms. The Bertz CT molecular complexity index is 1140. The number of rotatable bonds is 7. The number of halogens is 2. The van der Waals surface area contributed by atoms with Crippen molar-refractivity contribution in [3.63, 3.8) is 0 Å². The van der Waals surface area contributed by atoms with Gasteiger partial charge in [0.2, 0.25) is 0 Å². The summed E-state index contributed by atoms with van der Waals surface area (Å²) in [6, 6.07) is 13.3. The van der Waals surface area contributed by atoms with E-state index in [0.29, 0.717) is 32.2 Å². The number of amides is 3. The van der Waals surface area contributed by atoms with Crippen molar-refractivity contribution in [2.75, 3.05) is 5.32 Å². The second kappa shape index (κ2) is 11.6. The van der Waals surface area contributed by atoms with Gasteiger partial charge in [0.15, 0.2) is 0 Å². The van der Waals surface area contributed by atoms with Crippen molar-refractivity contribution in [2.24, 2.45) is 0 Å². The van der Waals surface area contributed by atoms with Crippen molar-refractivity contribution < 1.29 is 14.3 Å². The maximum atomic E-state index is 12.8. The van der Waals surface area contributed by atoms with Crippen LogP contribution in [0.3, 0.4) is 0 Å². The third-order valence-electron chi connectivity index (χ3n) is 5.44. The highest BCUT2D eigenvalue weighted by molar-refractivity contribution is 7.09. The van der Waals surface area contributed by atoms with Gasteiger partial charge in [-0.2, -0.15) is 0 Å². The Morgan fingerprint density at radius 3 is 2.47 bits per heavy atom. The predicted octanol–water partition coefficient (Wildman–Crippen LogP) is 5.89. The van der Waals surface area contributed by atoms with Gasteiger partial charge in [-0.3, -0.25) is 4.79 Å². The molecule has 0 unspecified atom stereocenters. The van der Waals surface area contributed by atoms with Crippen LogP contribution in [0.25, 0.3) is 0 Å². The van der Waals surface area contributed by atoms with Crippen molar-refractivity contribution in [3.8, 4) is 5.75 Å². The van der Waals surface area contributed by atoms with E-state index in [1.807, 2.05) is 0 Å². The Morgan fingerprint density at radius 2 is 1.74 bits per heavy atom. The van der Waals surface area contributed by atoms with Crippen molar-refractivity contribution in [1.82, 2.24) is 15.6 Å². The molecule has 1 aliphatic rings. The van der Waals surface area contributed by atoms with E-state index in [0.717, 1.165) is 25.7 Å². The number of aromatic nitrogens is 1. The minimum atomic E-state index is -0.330. The zero-order valence-corrected chi connectivity index (χ0v) is 20.6. The van der Waals surface area contributed by atoms with Gasteiger partial charge < -0.3 is 20.7 Å². The molecule has 0 spiro atoms. The summed E-state index contributed by atoms with van der Waals surface area (Å²) in [5.74, 6) is 0.417. The smallest absolute Gasteiger partial charge is 0.319 e. The largest absolute Gasteiger partial charge is 0.486 e. The Kier molecular flexibility index (Phi) is 8.26. The minimum absolute atomic E-state index is 0.178. The molecule has 1 fully saturated rings. The van der Waals surface area contributed by atoms with E-state index >= 15 is 0 Å². The molecule has 4 rings (SSSR count). The number of thiazole rings is 1. The van der Waals surface area contributed by atoms with Crippen LogP contribution in [0.15, 0.2) is 53.9 Å². The Labute approximate surface area is 211 Å². The third-order valence-corrected chi connectivity index (χ3v) is 6.75. The van der Waals surface area contributed by atoms with Gasteiger partial charge >= 0.3 is 6.03 Å². The van der Waals surface area contributed by atoms with Crippen LogP contribution < -0.4 is 20.7 Å². The van der Waals surface area contributed by atoms with Gasteiger partial charge in [-0.25, -0.2) is 9.78 Å². The van der Waals surface area contributed by atoms with Crippen LogP contribution in [-0.4, -0.2) is 29.0 Å². The number of carbonyl (C=O) groups excluding carboxylic acids is 2. The first-order chi connectivity index (χ1) is 16.5. The Hall–Kier alpha value is -2.81. The van der Waals surface area contributed by atoms with Crippen molar-refractivity contribution >= 4 is 52.2 Å². The molecule has 2 aromatic carbocycles. The van der Waals surface area contributed by atoms with E-state index < -0.39 is 0 Å². The number of anilines is 1. The summed E-state index contributed by atoms with van der Waals surface area (Å²) in [5, 5.41) is 12.4. The SMILES string of the molecule is O=C(Nc1cccc(Cl)c1)N[C@H]1CCCC[C@H]1NC(=O)c1csc(COc2ccc(Cl)cc2)n1. The first kappa shape index (κ1) is 24.3. The highest BCUT2D eigenvalue weighted by atomic mass is 35.5. The van der Waals surface area contributed by atoms with Crippen molar-refractivity contribution in [2.45, 2.75) is 44.4 Å². The molecule has 178 valence electrons. The average Bonchev–Trinajstić information content (AvgIpc) is 3.29. The van der Waals surface area contributed by atoms with E-state index in [4.69, 9.17) is 27.9 Å². The Morgan fingerprint density at radius 1 is 1.00 bits per heavy atom. The second-order valence-corrected chi connectivity index (χ2v) is 9.76. The predicted molar refractivity (Wildman–Crippen MR) is 135 cm³/mol. The van der Waals surface area contributed by atoms with E-state index in [2.05, 4.69) is 20.9 Å². The molecule has 0 saturated heterocycles. The molecule has 10 heteroatoms. The summed E-state index contributed by atoms with van der Waals surface area (Å²) in [7, 11) is 0. The maximum Gasteiger partial charge on any atom is 0.319 e. The fourth-order valence-corrected chi connectivity index (χ4v) is 4.78. The van der Waals surface area contributed by atoms with E-state index in [9.17, 15) is 9.59 Å². The number of hydrogen-bond acceptors (Lipinski definition) is 5. The standard InChI is InChI=1S/C24H24Cl2N4O3S/c25-15-8-10-18(11-9-15)33-13-22-28-21(14-34-22)23(31)29-19-6-1-2-7-20(19)30-24(32)27-17-5-3-4-16(26)12-17/h3-5,8-12,14,19-20H,1-2,6-7,13H2,(H,29,31)(H2,27,30,32)/t19-,20+/m1/s1. The lowest BCUT2D eigenvalue weighted by Gasteiger charge is -2.32. The molecule has 7 nitrogen and oxygen atoms in total. The third kappa shape index (κ3) is 6.85. The van der Waals surface area contributed by atoms with Gasteiger partial charge in [0.25, 0.3) is 5.91 Å². The molecule has 0 aliphatic heterocycles. The number of benzene rings is 2. The fraction of sp³-hybridized carbons (Fsp3) is 0.292. The molecule has 3 aromatic rings. The summed E-state index contributed by atoms with van der Waals surface area (Å²) in [6.07, 6.45) is 3.53. The normalized spacial score (nSPS) is 17.6. The molecule has 1 aromatic heterocycles. The van der Waals surface area contributed by atoms with Gasteiger partial charge in [0, 0.05) is 27.2 Å². The molecule has 3 N–H and O–H groups in total. The molecular weight excluding hydrogens is 495 g/mol. The van der Waals surface area contributed by atoms with E-state index in [1.165, 1.54) is 11.3 Å². The van der Waals surface area contributed by atoms with Crippen LogP contribution in [0.1, 0.15) is 41.2 Å². The molecule has 2 atom stereocenters. The quantitative estimate of drug-likeness (QED) is 0.363. The first-order valence-electron chi connectivity index (χ1n) is 10.9. The van der Waals surface area contributed by atoms with E-state index in [1.54, 1.807) is 53.9 Å². The Balaban J connectivity index is 1.31. The lowest BCUT2D eigenvalue weighted by Crippen LogP contribution is -2.54. The molecule has 1 saturated carbocycles. The van der Waals surface area contributed by atoms with Gasteiger partial charge in [-0.1, -0.05) is 42.1 Å². The van der Waals surface area contributed by atoms with Crippen LogP contribution >= 0.6 is 34.5 Å². The van der Waals surface area contributed by atoms with Crippen LogP contribution in [0.4, 0.5) is 10.5 Å². The summed E-state index contributed by atoms with van der Waals surface area (Å²) in [6.45, 7) is 0.261. The highest BCUT2D eigenvalue weighted by Crippen LogP contribution is 2.21. The van der Waals surface area contributed by atoms with E-state index in [-0.39, 0.29) is 30.6 Å². The number of carbonyl (C=O) groups is 2. The number of hydrogen-bond donors (Lipinski definition) is 3. The first-order valence-corrected chi connectivity index (χ1v) is 12.6. The van der Waals surface area contributed by atoms with Gasteiger partial charge in [0.05, 0.1) is 6.04 Å². The van der Waals surface area contributed by atoms with Gasteiger partial charge in [-0.05, 0) is 55.3 Å². The topological polar surface area (TPSA) is 92.4 Å². The second-order valence-electron chi connectivity index (χ2n) is 7.95. The number of urea groups is 1. The average molecular weight is 519 g/mol. The van der Waals surface area contributed by atoms with Crippen molar-refractivity contribution in [3.05, 3.63) is 74.7 Å². The van der Waals surface area contributed by atoms with Crippen LogP contribution in [0.2, 0.25) is 10.0 Å². The van der Waals surface area contributed by atoms with Crippen LogP contribution in [0.5, 0.6) is 5.75 Å². The number of nitrogens with zero attached hydrogens (tertiary/aromatic N) is 1. The lowest BCUT2D eigenvalue weighted by atomic mass is 9.90. The summed E-state index contributed by atoms with van der Waals surface area (Å²) in [5.41, 5.74) is 0.949. The molecular formula is C24H24Cl2N4O3S. The number of nitrogens with one attached hydrogen (secondary N) is 3. The zero-order chi connectivity index (χ0) is 23.9. The summed E-state index contributed by atoms with van der Waals surface area (Å²) in [4.78, 5) is 29.7. The number of ether oxygens (including phenoxy) is 1.